The maximum atomic E-state index is 13.2. The van der Waals surface area contributed by atoms with Crippen LogP contribution in [0.5, 0.6) is 0 Å². The van der Waals surface area contributed by atoms with Crippen LogP contribution in [0.2, 0.25) is 5.02 Å². The molecular formula is C21H21ClF3N3O4S. The van der Waals surface area contributed by atoms with E-state index in [-0.39, 0.29) is 18.1 Å². The lowest BCUT2D eigenvalue weighted by atomic mass is 10.2. The summed E-state index contributed by atoms with van der Waals surface area (Å²) in [5, 5.41) is 1.98. The Morgan fingerprint density at radius 2 is 1.94 bits per heavy atom. The topological polar surface area (TPSA) is 86.8 Å². The summed E-state index contributed by atoms with van der Waals surface area (Å²) in [6.45, 7) is -0.0677. The molecule has 0 aliphatic carbocycles. The number of halogens is 4. The average Bonchev–Trinajstić information content (AvgIpc) is 3.15. The number of carbonyl (C=O) groups is 2. The third-order valence-electron chi connectivity index (χ3n) is 5.02. The van der Waals surface area contributed by atoms with Gasteiger partial charge in [-0.25, -0.2) is 8.42 Å². The Labute approximate surface area is 194 Å². The molecule has 0 saturated carbocycles. The fourth-order valence-electron chi connectivity index (χ4n) is 3.43. The van der Waals surface area contributed by atoms with Gasteiger partial charge in [0, 0.05) is 25.2 Å². The molecular weight excluding hydrogens is 483 g/mol. The van der Waals surface area contributed by atoms with E-state index in [9.17, 15) is 31.2 Å². The van der Waals surface area contributed by atoms with Crippen molar-refractivity contribution in [2.24, 2.45) is 0 Å². The number of anilines is 2. The molecule has 1 saturated heterocycles. The van der Waals surface area contributed by atoms with Gasteiger partial charge in [0.1, 0.15) is 6.54 Å². The van der Waals surface area contributed by atoms with Crippen LogP contribution in [0.15, 0.2) is 42.5 Å². The number of alkyl halides is 3. The largest absolute Gasteiger partial charge is 0.417 e. The molecule has 2 aromatic rings. The molecule has 0 bridgehead atoms. The Bertz CT molecular complexity index is 1170. The van der Waals surface area contributed by atoms with Crippen molar-refractivity contribution in [3.63, 3.8) is 0 Å². The molecule has 12 heteroatoms. The Kier molecular flexibility index (Phi) is 7.23. The van der Waals surface area contributed by atoms with Crippen LogP contribution in [-0.2, 0) is 32.3 Å². The van der Waals surface area contributed by atoms with Gasteiger partial charge in [0.25, 0.3) is 0 Å². The summed E-state index contributed by atoms with van der Waals surface area (Å²) in [4.78, 5) is 26.0. The molecule has 2 aromatic carbocycles. The standard InChI is InChI=1S/C21H21ClF3N3O4S/c1-33(31,32)28(16-7-8-18(22)17(11-16)21(23,24)25)13-19(29)26-12-14-4-2-5-15(10-14)27-9-3-6-20(27)30/h2,4-5,7-8,10-11H,3,6,9,12-13H2,1H3,(H,26,29). The van der Waals surface area contributed by atoms with Crippen LogP contribution in [0.4, 0.5) is 24.5 Å². The van der Waals surface area contributed by atoms with Gasteiger partial charge in [0.05, 0.1) is 22.5 Å². The SMILES string of the molecule is CS(=O)(=O)N(CC(=O)NCc1cccc(N2CCCC2=O)c1)c1ccc(Cl)c(C(F)(F)F)c1. The Morgan fingerprint density at radius 1 is 1.21 bits per heavy atom. The molecule has 1 aliphatic heterocycles. The molecule has 1 heterocycles. The zero-order valence-corrected chi connectivity index (χ0v) is 19.1. The fourth-order valence-corrected chi connectivity index (χ4v) is 4.50. The Balaban J connectivity index is 1.73. The highest BCUT2D eigenvalue weighted by atomic mass is 35.5. The molecule has 1 aliphatic rings. The molecule has 33 heavy (non-hydrogen) atoms. The Hall–Kier alpha value is -2.79. The van der Waals surface area contributed by atoms with Gasteiger partial charge in [-0.05, 0) is 42.3 Å². The van der Waals surface area contributed by atoms with Crippen molar-refractivity contribution in [3.05, 3.63) is 58.6 Å². The second-order valence-electron chi connectivity index (χ2n) is 7.53. The summed E-state index contributed by atoms with van der Waals surface area (Å²) >= 11 is 5.60. The lowest BCUT2D eigenvalue weighted by Crippen LogP contribution is -2.40. The summed E-state index contributed by atoms with van der Waals surface area (Å²) in [5.41, 5.74) is -0.164. The van der Waals surface area contributed by atoms with E-state index >= 15 is 0 Å². The fraction of sp³-hybridized carbons (Fsp3) is 0.333. The van der Waals surface area contributed by atoms with Crippen LogP contribution in [0.1, 0.15) is 24.0 Å². The van der Waals surface area contributed by atoms with Gasteiger partial charge in [-0.3, -0.25) is 13.9 Å². The number of amides is 2. The van der Waals surface area contributed by atoms with E-state index in [1.807, 2.05) is 0 Å². The van der Waals surface area contributed by atoms with E-state index in [0.717, 1.165) is 24.8 Å². The minimum atomic E-state index is -4.79. The zero-order valence-electron chi connectivity index (χ0n) is 17.5. The summed E-state index contributed by atoms with van der Waals surface area (Å²) in [5.74, 6) is -0.701. The summed E-state index contributed by atoms with van der Waals surface area (Å²) < 4.78 is 64.5. The first-order chi connectivity index (χ1) is 15.4. The average molecular weight is 504 g/mol. The van der Waals surface area contributed by atoms with Crippen molar-refractivity contribution in [1.82, 2.24) is 5.32 Å². The number of hydrogen-bond donors (Lipinski definition) is 1. The minimum Gasteiger partial charge on any atom is -0.350 e. The number of hydrogen-bond acceptors (Lipinski definition) is 4. The lowest BCUT2D eigenvalue weighted by Gasteiger charge is -2.23. The van der Waals surface area contributed by atoms with Crippen LogP contribution in [0.3, 0.4) is 0 Å². The van der Waals surface area contributed by atoms with Crippen molar-refractivity contribution in [2.45, 2.75) is 25.6 Å². The molecule has 1 N–H and O–H groups in total. The van der Waals surface area contributed by atoms with Gasteiger partial charge in [0.2, 0.25) is 21.8 Å². The van der Waals surface area contributed by atoms with Gasteiger partial charge in [-0.15, -0.1) is 0 Å². The minimum absolute atomic E-state index is 0.0150. The highest BCUT2D eigenvalue weighted by Gasteiger charge is 2.34. The third kappa shape index (κ3) is 6.17. The predicted molar refractivity (Wildman–Crippen MR) is 119 cm³/mol. The first kappa shape index (κ1) is 24.8. The van der Waals surface area contributed by atoms with E-state index in [1.54, 1.807) is 29.2 Å². The monoisotopic (exact) mass is 503 g/mol. The number of sulfonamides is 1. The van der Waals surface area contributed by atoms with Gasteiger partial charge < -0.3 is 10.2 Å². The van der Waals surface area contributed by atoms with E-state index < -0.39 is 39.2 Å². The molecule has 178 valence electrons. The summed E-state index contributed by atoms with van der Waals surface area (Å²) in [6.07, 6.45) is -2.76. The van der Waals surface area contributed by atoms with Crippen LogP contribution in [0, 0.1) is 0 Å². The maximum absolute atomic E-state index is 13.2. The number of carbonyl (C=O) groups excluding carboxylic acids is 2. The van der Waals surface area contributed by atoms with Crippen molar-refractivity contribution in [2.75, 3.05) is 28.6 Å². The Morgan fingerprint density at radius 3 is 2.55 bits per heavy atom. The molecule has 0 aromatic heterocycles. The lowest BCUT2D eigenvalue weighted by molar-refractivity contribution is -0.137. The number of nitrogens with one attached hydrogen (secondary N) is 1. The predicted octanol–water partition coefficient (Wildman–Crippen LogP) is 3.57. The molecule has 1 fully saturated rings. The third-order valence-corrected chi connectivity index (χ3v) is 6.49. The zero-order chi connectivity index (χ0) is 24.4. The van der Waals surface area contributed by atoms with Crippen molar-refractivity contribution >= 4 is 44.8 Å². The highest BCUT2D eigenvalue weighted by molar-refractivity contribution is 7.92. The number of rotatable bonds is 7. The van der Waals surface area contributed by atoms with Crippen LogP contribution in [-0.4, -0.2) is 39.6 Å². The van der Waals surface area contributed by atoms with Crippen LogP contribution in [0.25, 0.3) is 0 Å². The molecule has 7 nitrogen and oxygen atoms in total. The number of benzene rings is 2. The smallest absolute Gasteiger partial charge is 0.350 e. The molecule has 2 amide bonds. The highest BCUT2D eigenvalue weighted by Crippen LogP contribution is 2.37. The summed E-state index contributed by atoms with van der Waals surface area (Å²) in [7, 11) is -4.08. The van der Waals surface area contributed by atoms with Gasteiger partial charge in [-0.1, -0.05) is 23.7 Å². The van der Waals surface area contributed by atoms with E-state index in [0.29, 0.717) is 34.6 Å². The second kappa shape index (κ2) is 9.60. The van der Waals surface area contributed by atoms with Crippen molar-refractivity contribution in [1.29, 1.82) is 0 Å². The van der Waals surface area contributed by atoms with Gasteiger partial charge >= 0.3 is 6.18 Å². The van der Waals surface area contributed by atoms with Crippen LogP contribution >= 0.6 is 11.6 Å². The summed E-state index contributed by atoms with van der Waals surface area (Å²) in [6, 6.07) is 9.60. The van der Waals surface area contributed by atoms with Crippen molar-refractivity contribution in [3.8, 4) is 0 Å². The maximum Gasteiger partial charge on any atom is 0.417 e. The van der Waals surface area contributed by atoms with Gasteiger partial charge in [0.15, 0.2) is 0 Å². The molecule has 0 unspecified atom stereocenters. The number of nitrogens with zero attached hydrogens (tertiary/aromatic N) is 2. The van der Waals surface area contributed by atoms with E-state index in [1.165, 1.54) is 0 Å². The molecule has 3 rings (SSSR count). The molecule has 0 spiro atoms. The van der Waals surface area contributed by atoms with Crippen molar-refractivity contribution < 1.29 is 31.2 Å². The second-order valence-corrected chi connectivity index (χ2v) is 9.84. The van der Waals surface area contributed by atoms with Gasteiger partial charge in [-0.2, -0.15) is 13.2 Å². The van der Waals surface area contributed by atoms with Crippen LogP contribution < -0.4 is 14.5 Å². The first-order valence-electron chi connectivity index (χ1n) is 9.87. The first-order valence-corrected chi connectivity index (χ1v) is 12.1. The normalized spacial score (nSPS) is 14.5. The van der Waals surface area contributed by atoms with E-state index in [2.05, 4.69) is 5.32 Å². The quantitative estimate of drug-likeness (QED) is 0.626. The molecule has 0 atom stereocenters. The molecule has 0 radical (unpaired) electrons. The van der Waals surface area contributed by atoms with E-state index in [4.69, 9.17) is 11.6 Å².